The van der Waals surface area contributed by atoms with E-state index in [9.17, 15) is 0 Å². The van der Waals surface area contributed by atoms with Crippen molar-refractivity contribution in [3.8, 4) is 0 Å². The normalized spacial score (nSPS) is 12.6. The summed E-state index contributed by atoms with van der Waals surface area (Å²) in [5.74, 6) is 0.933. The Labute approximate surface area is 131 Å². The summed E-state index contributed by atoms with van der Waals surface area (Å²) in [6.45, 7) is 11.1. The van der Waals surface area contributed by atoms with Crippen LogP contribution in [-0.2, 0) is 4.74 Å². The molecular formula is C16H25N3OS. The van der Waals surface area contributed by atoms with Crippen LogP contribution in [-0.4, -0.2) is 29.3 Å². The van der Waals surface area contributed by atoms with Crippen molar-refractivity contribution in [1.82, 2.24) is 9.55 Å². The van der Waals surface area contributed by atoms with Crippen LogP contribution in [0.5, 0.6) is 0 Å². The van der Waals surface area contributed by atoms with E-state index in [0.29, 0.717) is 6.04 Å². The van der Waals surface area contributed by atoms with E-state index in [2.05, 4.69) is 41.7 Å². The van der Waals surface area contributed by atoms with Crippen molar-refractivity contribution in [2.75, 3.05) is 25.1 Å². The molecule has 0 radical (unpaired) electrons. The summed E-state index contributed by atoms with van der Waals surface area (Å²) in [4.78, 5) is 7.18. The molecule has 0 aliphatic rings. The van der Waals surface area contributed by atoms with Gasteiger partial charge in [-0.25, -0.2) is 4.98 Å². The van der Waals surface area contributed by atoms with Crippen LogP contribution in [0.1, 0.15) is 41.6 Å². The Morgan fingerprint density at radius 1 is 1.43 bits per heavy atom. The topological polar surface area (TPSA) is 39.1 Å². The maximum Gasteiger partial charge on any atom is 0.203 e. The van der Waals surface area contributed by atoms with Gasteiger partial charge in [0.25, 0.3) is 0 Å². The number of nitrogens with zero attached hydrogens (tertiary/aromatic N) is 2. The monoisotopic (exact) mass is 307 g/mol. The largest absolute Gasteiger partial charge is 0.382 e. The molecule has 1 atom stereocenters. The first kappa shape index (κ1) is 16.0. The molecule has 0 saturated carbocycles. The molecule has 0 spiro atoms. The number of anilines is 1. The lowest BCUT2D eigenvalue weighted by Gasteiger charge is -2.17. The third-order valence-corrected chi connectivity index (χ3v) is 4.55. The van der Waals surface area contributed by atoms with E-state index < -0.39 is 0 Å². The van der Waals surface area contributed by atoms with Gasteiger partial charge in [-0.2, -0.15) is 0 Å². The highest BCUT2D eigenvalue weighted by molar-refractivity contribution is 7.12. The molecule has 2 aromatic rings. The molecule has 0 bridgehead atoms. The molecule has 0 aliphatic heterocycles. The van der Waals surface area contributed by atoms with Gasteiger partial charge in [-0.1, -0.05) is 0 Å². The van der Waals surface area contributed by atoms with E-state index in [4.69, 9.17) is 4.74 Å². The maximum absolute atomic E-state index is 5.35. The zero-order valence-electron chi connectivity index (χ0n) is 13.3. The second-order valence-electron chi connectivity index (χ2n) is 5.18. The number of imidazole rings is 1. The fourth-order valence-corrected chi connectivity index (χ4v) is 3.51. The van der Waals surface area contributed by atoms with Gasteiger partial charge in [0, 0.05) is 41.9 Å². The van der Waals surface area contributed by atoms with Crippen LogP contribution in [0, 0.1) is 13.8 Å². The lowest BCUT2D eigenvalue weighted by molar-refractivity contribution is 0.147. The van der Waals surface area contributed by atoms with E-state index in [1.165, 1.54) is 15.3 Å². The molecule has 1 unspecified atom stereocenters. The highest BCUT2D eigenvalue weighted by Gasteiger charge is 2.15. The third-order valence-electron chi connectivity index (χ3n) is 3.57. The molecule has 116 valence electrons. The van der Waals surface area contributed by atoms with Gasteiger partial charge in [-0.3, -0.25) is 0 Å². The maximum atomic E-state index is 5.35. The summed E-state index contributed by atoms with van der Waals surface area (Å²) >= 11 is 1.86. The van der Waals surface area contributed by atoms with Gasteiger partial charge in [-0.15, -0.1) is 11.3 Å². The predicted molar refractivity (Wildman–Crippen MR) is 89.4 cm³/mol. The van der Waals surface area contributed by atoms with E-state index >= 15 is 0 Å². The molecule has 0 aliphatic carbocycles. The zero-order valence-corrected chi connectivity index (χ0v) is 14.2. The Morgan fingerprint density at radius 3 is 2.90 bits per heavy atom. The van der Waals surface area contributed by atoms with Crippen molar-refractivity contribution < 1.29 is 4.74 Å². The summed E-state index contributed by atoms with van der Waals surface area (Å²) in [6, 6.07) is 2.58. The standard InChI is InChI=1S/C16H25N3OS/c1-5-20-10-6-7-17-16-18-8-9-19(16)13(3)15-11-12(2)21-14(15)4/h8-9,11,13H,5-7,10H2,1-4H3,(H,17,18). The average molecular weight is 307 g/mol. The van der Waals surface area contributed by atoms with Gasteiger partial charge in [0.05, 0.1) is 6.04 Å². The number of rotatable bonds is 8. The van der Waals surface area contributed by atoms with E-state index in [0.717, 1.165) is 32.1 Å². The molecule has 0 fully saturated rings. The molecule has 1 N–H and O–H groups in total. The number of hydrogen-bond donors (Lipinski definition) is 1. The minimum absolute atomic E-state index is 0.298. The Hall–Kier alpha value is -1.33. The van der Waals surface area contributed by atoms with E-state index in [1.807, 2.05) is 30.7 Å². The van der Waals surface area contributed by atoms with Crippen molar-refractivity contribution in [1.29, 1.82) is 0 Å². The zero-order chi connectivity index (χ0) is 15.2. The number of nitrogens with one attached hydrogen (secondary N) is 1. The highest BCUT2D eigenvalue weighted by atomic mass is 32.1. The third kappa shape index (κ3) is 4.08. The molecule has 2 heterocycles. The molecular weight excluding hydrogens is 282 g/mol. The van der Waals surface area contributed by atoms with Crippen LogP contribution >= 0.6 is 11.3 Å². The first-order valence-corrected chi connectivity index (χ1v) is 8.36. The number of thiophene rings is 1. The summed E-state index contributed by atoms with van der Waals surface area (Å²) in [7, 11) is 0. The minimum Gasteiger partial charge on any atom is -0.382 e. The number of hydrogen-bond acceptors (Lipinski definition) is 4. The van der Waals surface area contributed by atoms with Gasteiger partial charge in [0.2, 0.25) is 5.95 Å². The number of aryl methyl sites for hydroxylation is 2. The average Bonchev–Trinajstić information content (AvgIpc) is 3.04. The van der Waals surface area contributed by atoms with Crippen molar-refractivity contribution in [3.05, 3.63) is 33.8 Å². The van der Waals surface area contributed by atoms with Crippen LogP contribution in [0.25, 0.3) is 0 Å². The smallest absolute Gasteiger partial charge is 0.203 e. The minimum atomic E-state index is 0.298. The van der Waals surface area contributed by atoms with Crippen LogP contribution in [0.4, 0.5) is 5.95 Å². The fraction of sp³-hybridized carbons (Fsp3) is 0.562. The number of aromatic nitrogens is 2. The predicted octanol–water partition coefficient (Wildman–Crippen LogP) is 4.01. The molecule has 2 aromatic heterocycles. The van der Waals surface area contributed by atoms with Crippen molar-refractivity contribution in [2.24, 2.45) is 0 Å². The fourth-order valence-electron chi connectivity index (χ4n) is 2.50. The summed E-state index contributed by atoms with van der Waals surface area (Å²) in [5, 5.41) is 3.40. The first-order chi connectivity index (χ1) is 10.1. The molecule has 21 heavy (non-hydrogen) atoms. The van der Waals surface area contributed by atoms with Gasteiger partial charge < -0.3 is 14.6 Å². The first-order valence-electron chi connectivity index (χ1n) is 7.54. The Bertz CT molecular complexity index is 562. The Balaban J connectivity index is 2.00. The summed E-state index contributed by atoms with van der Waals surface area (Å²) in [6.07, 6.45) is 4.89. The molecule has 0 saturated heterocycles. The Kier molecular flexibility index (Phi) is 5.82. The van der Waals surface area contributed by atoms with Gasteiger partial charge in [0.15, 0.2) is 0 Å². The van der Waals surface area contributed by atoms with Crippen LogP contribution in [0.3, 0.4) is 0 Å². The second kappa shape index (κ2) is 7.61. The van der Waals surface area contributed by atoms with Gasteiger partial charge >= 0.3 is 0 Å². The second-order valence-corrected chi connectivity index (χ2v) is 6.64. The molecule has 0 amide bonds. The quantitative estimate of drug-likeness (QED) is 0.749. The number of ether oxygens (including phenoxy) is 1. The molecule has 0 aromatic carbocycles. The van der Waals surface area contributed by atoms with E-state index in [-0.39, 0.29) is 0 Å². The van der Waals surface area contributed by atoms with Crippen molar-refractivity contribution in [3.63, 3.8) is 0 Å². The SMILES string of the molecule is CCOCCCNc1nccn1C(C)c1cc(C)sc1C. The van der Waals surface area contributed by atoms with Gasteiger partial charge in [-0.05, 0) is 45.7 Å². The Morgan fingerprint density at radius 2 is 2.24 bits per heavy atom. The molecule has 5 heteroatoms. The lowest BCUT2D eigenvalue weighted by Crippen LogP contribution is -2.13. The van der Waals surface area contributed by atoms with Crippen LogP contribution in [0.2, 0.25) is 0 Å². The highest BCUT2D eigenvalue weighted by Crippen LogP contribution is 2.30. The van der Waals surface area contributed by atoms with Crippen LogP contribution < -0.4 is 5.32 Å². The van der Waals surface area contributed by atoms with Crippen LogP contribution in [0.15, 0.2) is 18.5 Å². The molecule has 4 nitrogen and oxygen atoms in total. The van der Waals surface area contributed by atoms with Gasteiger partial charge in [0.1, 0.15) is 0 Å². The van der Waals surface area contributed by atoms with Crippen molar-refractivity contribution >= 4 is 17.3 Å². The lowest BCUT2D eigenvalue weighted by atomic mass is 10.1. The molecule has 2 rings (SSSR count). The summed E-state index contributed by atoms with van der Waals surface area (Å²) < 4.78 is 7.56. The summed E-state index contributed by atoms with van der Waals surface area (Å²) in [5.41, 5.74) is 1.38. The van der Waals surface area contributed by atoms with E-state index in [1.54, 1.807) is 0 Å². The van der Waals surface area contributed by atoms with Crippen molar-refractivity contribution in [2.45, 2.75) is 40.2 Å².